The highest BCUT2D eigenvalue weighted by atomic mass is 16.5. The Hall–Kier alpha value is -1.85. The molecule has 0 atom stereocenters. The number of carbonyl (C=O) groups is 1. The molecule has 0 fully saturated rings. The first-order valence-electron chi connectivity index (χ1n) is 7.05. The van der Waals surface area contributed by atoms with Gasteiger partial charge in [0.15, 0.2) is 5.78 Å². The average molecular weight is 308 g/mol. The van der Waals surface area contributed by atoms with E-state index in [1.807, 2.05) is 19.9 Å². The number of benzene rings is 1. The summed E-state index contributed by atoms with van der Waals surface area (Å²) in [5.41, 5.74) is 2.59. The third-order valence-corrected chi connectivity index (χ3v) is 3.09. The van der Waals surface area contributed by atoms with Crippen molar-refractivity contribution in [1.29, 1.82) is 0 Å². The molecule has 0 bridgehead atoms. The zero-order valence-corrected chi connectivity index (χ0v) is 13.9. The van der Waals surface area contributed by atoms with Crippen LogP contribution in [0, 0.1) is 0 Å². The number of aromatic hydroxyl groups is 1. The minimum absolute atomic E-state index is 0.0823. The predicted octanol–water partition coefficient (Wildman–Crippen LogP) is 3.23. The van der Waals surface area contributed by atoms with Gasteiger partial charge in [-0.2, -0.15) is 0 Å². The van der Waals surface area contributed by atoms with Crippen LogP contribution in [0.5, 0.6) is 11.5 Å². The fourth-order valence-electron chi connectivity index (χ4n) is 2.17. The van der Waals surface area contributed by atoms with Crippen molar-refractivity contribution < 1.29 is 24.1 Å². The molecule has 0 amide bonds. The SMILES string of the molecule is COCc1cc(O)c(C(C)=O)c(COC)c1OCC=C(C)C. The molecule has 22 heavy (non-hydrogen) atoms. The second-order valence-corrected chi connectivity index (χ2v) is 5.25. The quantitative estimate of drug-likeness (QED) is 0.590. The lowest BCUT2D eigenvalue weighted by Crippen LogP contribution is -2.09. The molecule has 1 aromatic rings. The molecular weight excluding hydrogens is 284 g/mol. The zero-order chi connectivity index (χ0) is 16.7. The standard InChI is InChI=1S/C17H24O5/c1-11(2)6-7-22-17-13(9-20-4)8-15(19)16(12(3)18)14(17)10-21-5/h6,8,19H,7,9-10H2,1-5H3. The van der Waals surface area contributed by atoms with Gasteiger partial charge in [0.25, 0.3) is 0 Å². The number of phenolic OH excluding ortho intramolecular Hbond substituents is 1. The summed E-state index contributed by atoms with van der Waals surface area (Å²) in [6.45, 7) is 6.18. The molecule has 0 heterocycles. The summed E-state index contributed by atoms with van der Waals surface area (Å²) in [5.74, 6) is 0.214. The summed E-state index contributed by atoms with van der Waals surface area (Å²) in [7, 11) is 3.09. The van der Waals surface area contributed by atoms with Crippen LogP contribution in [-0.4, -0.2) is 31.7 Å². The molecule has 0 aromatic heterocycles. The fraction of sp³-hybridized carbons (Fsp3) is 0.471. The fourth-order valence-corrected chi connectivity index (χ4v) is 2.17. The predicted molar refractivity (Wildman–Crippen MR) is 84.5 cm³/mol. The van der Waals surface area contributed by atoms with Gasteiger partial charge < -0.3 is 19.3 Å². The maximum absolute atomic E-state index is 11.9. The van der Waals surface area contributed by atoms with Gasteiger partial charge in [-0.1, -0.05) is 5.57 Å². The summed E-state index contributed by atoms with van der Waals surface area (Å²) in [6, 6.07) is 1.51. The average Bonchev–Trinajstić information content (AvgIpc) is 2.41. The topological polar surface area (TPSA) is 65.0 Å². The van der Waals surface area contributed by atoms with Gasteiger partial charge in [-0.05, 0) is 32.9 Å². The van der Waals surface area contributed by atoms with E-state index in [2.05, 4.69) is 0 Å². The number of hydrogen-bond donors (Lipinski definition) is 1. The normalized spacial score (nSPS) is 10.4. The Morgan fingerprint density at radius 1 is 1.18 bits per heavy atom. The molecule has 1 rings (SSSR count). The Kier molecular flexibility index (Phi) is 7.08. The van der Waals surface area contributed by atoms with Crippen LogP contribution in [0.4, 0.5) is 0 Å². The monoisotopic (exact) mass is 308 g/mol. The van der Waals surface area contributed by atoms with Crippen LogP contribution in [-0.2, 0) is 22.7 Å². The van der Waals surface area contributed by atoms with Gasteiger partial charge in [0.1, 0.15) is 18.1 Å². The molecule has 122 valence electrons. The van der Waals surface area contributed by atoms with Crippen molar-refractivity contribution in [3.05, 3.63) is 34.4 Å². The molecule has 0 aliphatic rings. The molecular formula is C17H24O5. The molecule has 0 spiro atoms. The molecule has 1 aromatic carbocycles. The van der Waals surface area contributed by atoms with Crippen LogP contribution in [0.15, 0.2) is 17.7 Å². The van der Waals surface area contributed by atoms with E-state index in [-0.39, 0.29) is 30.3 Å². The van der Waals surface area contributed by atoms with E-state index >= 15 is 0 Å². The lowest BCUT2D eigenvalue weighted by Gasteiger charge is -2.18. The molecule has 5 heteroatoms. The summed E-state index contributed by atoms with van der Waals surface area (Å²) >= 11 is 0. The van der Waals surface area contributed by atoms with Gasteiger partial charge in [-0.25, -0.2) is 0 Å². The number of hydrogen-bond acceptors (Lipinski definition) is 5. The highest BCUT2D eigenvalue weighted by Crippen LogP contribution is 2.35. The Labute approximate surface area is 131 Å². The maximum Gasteiger partial charge on any atom is 0.164 e. The van der Waals surface area contributed by atoms with Gasteiger partial charge in [-0.15, -0.1) is 0 Å². The highest BCUT2D eigenvalue weighted by Gasteiger charge is 2.21. The molecule has 0 radical (unpaired) electrons. The largest absolute Gasteiger partial charge is 0.507 e. The van der Waals surface area contributed by atoms with Crippen molar-refractivity contribution in [3.8, 4) is 11.5 Å². The van der Waals surface area contributed by atoms with Gasteiger partial charge in [-0.3, -0.25) is 4.79 Å². The summed E-state index contributed by atoms with van der Waals surface area (Å²) < 4.78 is 16.2. The van der Waals surface area contributed by atoms with E-state index in [1.165, 1.54) is 20.1 Å². The maximum atomic E-state index is 11.9. The minimum Gasteiger partial charge on any atom is -0.507 e. The van der Waals surface area contributed by atoms with Crippen molar-refractivity contribution in [2.75, 3.05) is 20.8 Å². The van der Waals surface area contributed by atoms with Crippen molar-refractivity contribution in [3.63, 3.8) is 0 Å². The summed E-state index contributed by atoms with van der Waals surface area (Å²) in [5, 5.41) is 10.1. The number of ketones is 1. The van der Waals surface area contributed by atoms with Crippen LogP contribution in [0.1, 0.15) is 42.3 Å². The van der Waals surface area contributed by atoms with Crippen LogP contribution < -0.4 is 4.74 Å². The molecule has 0 saturated carbocycles. The van der Waals surface area contributed by atoms with Crippen molar-refractivity contribution in [2.45, 2.75) is 34.0 Å². The number of phenols is 1. The highest BCUT2D eigenvalue weighted by molar-refractivity contribution is 5.99. The van der Waals surface area contributed by atoms with Crippen molar-refractivity contribution in [1.82, 2.24) is 0 Å². The van der Waals surface area contributed by atoms with Crippen LogP contribution >= 0.6 is 0 Å². The first kappa shape index (κ1) is 18.2. The second kappa shape index (κ2) is 8.56. The first-order chi connectivity index (χ1) is 10.4. The van der Waals surface area contributed by atoms with Crippen molar-refractivity contribution in [2.24, 2.45) is 0 Å². The first-order valence-corrected chi connectivity index (χ1v) is 7.05. The smallest absolute Gasteiger partial charge is 0.164 e. The number of Topliss-reactive ketones (excluding diaryl/α,β-unsaturated/α-hetero) is 1. The van der Waals surface area contributed by atoms with Gasteiger partial charge in [0.05, 0.1) is 18.8 Å². The molecule has 0 saturated heterocycles. The Morgan fingerprint density at radius 3 is 2.32 bits per heavy atom. The van der Waals surface area contributed by atoms with Crippen LogP contribution in [0.25, 0.3) is 0 Å². The lowest BCUT2D eigenvalue weighted by atomic mass is 9.98. The molecule has 1 N–H and O–H groups in total. The molecule has 0 aliphatic carbocycles. The number of ether oxygens (including phenoxy) is 3. The Morgan fingerprint density at radius 2 is 1.82 bits per heavy atom. The second-order valence-electron chi connectivity index (χ2n) is 5.25. The molecule has 0 aliphatic heterocycles. The van der Waals surface area contributed by atoms with Gasteiger partial charge >= 0.3 is 0 Å². The third-order valence-electron chi connectivity index (χ3n) is 3.09. The number of carbonyl (C=O) groups excluding carboxylic acids is 1. The molecule has 5 nitrogen and oxygen atoms in total. The van der Waals surface area contributed by atoms with Crippen LogP contribution in [0.2, 0.25) is 0 Å². The van der Waals surface area contributed by atoms with E-state index in [1.54, 1.807) is 7.11 Å². The number of rotatable bonds is 8. The van der Waals surface area contributed by atoms with Crippen molar-refractivity contribution >= 4 is 5.78 Å². The summed E-state index contributed by atoms with van der Waals surface area (Å²) in [4.78, 5) is 11.9. The molecule has 0 unspecified atom stereocenters. The van der Waals surface area contributed by atoms with E-state index in [4.69, 9.17) is 14.2 Å². The van der Waals surface area contributed by atoms with Crippen LogP contribution in [0.3, 0.4) is 0 Å². The summed E-state index contributed by atoms with van der Waals surface area (Å²) in [6.07, 6.45) is 1.94. The van der Waals surface area contributed by atoms with Gasteiger partial charge in [0, 0.05) is 25.3 Å². The van der Waals surface area contributed by atoms with E-state index < -0.39 is 0 Å². The minimum atomic E-state index is -0.236. The zero-order valence-electron chi connectivity index (χ0n) is 13.9. The number of methoxy groups -OCH3 is 2. The van der Waals surface area contributed by atoms with E-state index in [0.29, 0.717) is 23.5 Å². The van der Waals surface area contributed by atoms with E-state index in [0.717, 1.165) is 5.57 Å². The third kappa shape index (κ3) is 4.58. The van der Waals surface area contributed by atoms with E-state index in [9.17, 15) is 9.90 Å². The lowest BCUT2D eigenvalue weighted by molar-refractivity contribution is 0.100. The number of allylic oxidation sites excluding steroid dienone is 1. The Bertz CT molecular complexity index is 557. The Balaban J connectivity index is 3.40. The van der Waals surface area contributed by atoms with Gasteiger partial charge in [0.2, 0.25) is 0 Å².